The number of carbonyl (C=O) groups excluding carboxylic acids is 2. The lowest BCUT2D eigenvalue weighted by Crippen LogP contribution is -2.35. The number of likely N-dealkylation sites (N-methyl/N-ethyl adjacent to an activating group) is 1. The fourth-order valence-corrected chi connectivity index (χ4v) is 2.50. The van der Waals surface area contributed by atoms with Crippen LogP contribution < -0.4 is 10.1 Å². The minimum atomic E-state index is -0.437. The van der Waals surface area contributed by atoms with Gasteiger partial charge in [0, 0.05) is 24.2 Å². The summed E-state index contributed by atoms with van der Waals surface area (Å²) in [6, 6.07) is 11.0. The summed E-state index contributed by atoms with van der Waals surface area (Å²) in [5, 5.41) is 3.24. The van der Waals surface area contributed by atoms with E-state index in [-0.39, 0.29) is 24.8 Å². The fourth-order valence-electron chi connectivity index (χ4n) is 2.38. The van der Waals surface area contributed by atoms with Gasteiger partial charge in [-0.05, 0) is 55.3 Å². The molecular weight excluding hydrogens is 371 g/mol. The Morgan fingerprint density at radius 1 is 1.22 bits per heavy atom. The number of hydrogen-bond donors (Lipinski definition) is 1. The standard InChI is InChI=1S/C20H22ClFN2O3/c1-14-11-17(8-9-18(14)21)27-10-4-7-20(26)24(2)13-19(25)23-16-6-3-5-15(22)12-16/h3,5-6,8-9,11-12H,4,7,10,13H2,1-2H3,(H,23,25). The average molecular weight is 393 g/mol. The van der Waals surface area contributed by atoms with E-state index < -0.39 is 5.82 Å². The number of ether oxygens (including phenoxy) is 1. The molecule has 0 heterocycles. The van der Waals surface area contributed by atoms with Gasteiger partial charge in [-0.25, -0.2) is 4.39 Å². The maximum atomic E-state index is 13.1. The molecule has 0 aromatic heterocycles. The fraction of sp³-hybridized carbons (Fsp3) is 0.300. The lowest BCUT2D eigenvalue weighted by molar-refractivity contribution is -0.133. The first-order chi connectivity index (χ1) is 12.8. The number of carbonyl (C=O) groups is 2. The number of rotatable bonds is 8. The second kappa shape index (κ2) is 9.92. The summed E-state index contributed by atoms with van der Waals surface area (Å²) in [7, 11) is 1.55. The molecule has 27 heavy (non-hydrogen) atoms. The predicted octanol–water partition coefficient (Wildman–Crippen LogP) is 4.04. The van der Waals surface area contributed by atoms with Crippen LogP contribution in [0.1, 0.15) is 18.4 Å². The van der Waals surface area contributed by atoms with Gasteiger partial charge < -0.3 is 15.0 Å². The molecule has 0 aliphatic heterocycles. The van der Waals surface area contributed by atoms with Crippen molar-refractivity contribution in [3.8, 4) is 5.75 Å². The highest BCUT2D eigenvalue weighted by Gasteiger charge is 2.13. The van der Waals surface area contributed by atoms with Crippen LogP contribution in [-0.4, -0.2) is 36.9 Å². The van der Waals surface area contributed by atoms with Crippen molar-refractivity contribution < 1.29 is 18.7 Å². The van der Waals surface area contributed by atoms with Crippen LogP contribution in [0.5, 0.6) is 5.75 Å². The highest BCUT2D eigenvalue weighted by atomic mass is 35.5. The van der Waals surface area contributed by atoms with E-state index >= 15 is 0 Å². The van der Waals surface area contributed by atoms with Crippen molar-refractivity contribution in [3.63, 3.8) is 0 Å². The summed E-state index contributed by atoms with van der Waals surface area (Å²) in [6.45, 7) is 2.17. The highest BCUT2D eigenvalue weighted by Crippen LogP contribution is 2.21. The van der Waals surface area contributed by atoms with Gasteiger partial charge in [0.1, 0.15) is 11.6 Å². The van der Waals surface area contributed by atoms with Gasteiger partial charge in [-0.2, -0.15) is 0 Å². The van der Waals surface area contributed by atoms with Crippen LogP contribution in [-0.2, 0) is 9.59 Å². The first-order valence-corrected chi connectivity index (χ1v) is 8.91. The largest absolute Gasteiger partial charge is 0.494 e. The summed E-state index contributed by atoms with van der Waals surface area (Å²) >= 11 is 5.96. The summed E-state index contributed by atoms with van der Waals surface area (Å²) in [5.74, 6) is -0.287. The Morgan fingerprint density at radius 3 is 2.70 bits per heavy atom. The number of benzene rings is 2. The molecule has 0 spiro atoms. The van der Waals surface area contributed by atoms with Crippen LogP contribution >= 0.6 is 11.6 Å². The Balaban J connectivity index is 1.70. The maximum absolute atomic E-state index is 13.1. The van der Waals surface area contributed by atoms with Gasteiger partial charge in [-0.15, -0.1) is 0 Å². The molecule has 0 atom stereocenters. The second-order valence-corrected chi connectivity index (χ2v) is 6.58. The molecule has 0 radical (unpaired) electrons. The Hall–Kier alpha value is -2.60. The summed E-state index contributed by atoms with van der Waals surface area (Å²) < 4.78 is 18.7. The van der Waals surface area contributed by atoms with E-state index in [1.54, 1.807) is 25.2 Å². The number of amides is 2. The third-order valence-electron chi connectivity index (χ3n) is 3.85. The van der Waals surface area contributed by atoms with Crippen LogP contribution in [0.3, 0.4) is 0 Å². The number of anilines is 1. The van der Waals surface area contributed by atoms with Crippen LogP contribution in [0.4, 0.5) is 10.1 Å². The maximum Gasteiger partial charge on any atom is 0.243 e. The smallest absolute Gasteiger partial charge is 0.243 e. The SMILES string of the molecule is Cc1cc(OCCCC(=O)N(C)CC(=O)Nc2cccc(F)c2)ccc1Cl. The average Bonchev–Trinajstić information content (AvgIpc) is 2.61. The molecule has 7 heteroatoms. The minimum Gasteiger partial charge on any atom is -0.494 e. The molecule has 0 fully saturated rings. The van der Waals surface area contributed by atoms with Crippen molar-refractivity contribution in [2.24, 2.45) is 0 Å². The zero-order valence-electron chi connectivity index (χ0n) is 15.3. The first-order valence-electron chi connectivity index (χ1n) is 8.53. The molecule has 0 aliphatic carbocycles. The van der Waals surface area contributed by atoms with Crippen molar-refractivity contribution in [2.45, 2.75) is 19.8 Å². The number of nitrogens with one attached hydrogen (secondary N) is 1. The molecule has 0 unspecified atom stereocenters. The molecule has 2 amide bonds. The predicted molar refractivity (Wildman–Crippen MR) is 104 cm³/mol. The molecule has 5 nitrogen and oxygen atoms in total. The molecule has 144 valence electrons. The summed E-state index contributed by atoms with van der Waals surface area (Å²) in [5.41, 5.74) is 1.28. The van der Waals surface area contributed by atoms with Gasteiger partial charge in [-0.1, -0.05) is 17.7 Å². The molecular formula is C20H22ClFN2O3. The third kappa shape index (κ3) is 6.90. The second-order valence-electron chi connectivity index (χ2n) is 6.17. The first kappa shape index (κ1) is 20.7. The van der Waals surface area contributed by atoms with Gasteiger partial charge in [0.2, 0.25) is 11.8 Å². The normalized spacial score (nSPS) is 10.4. The van der Waals surface area contributed by atoms with E-state index in [2.05, 4.69) is 5.32 Å². The topological polar surface area (TPSA) is 58.6 Å². The number of nitrogens with zero attached hydrogens (tertiary/aromatic N) is 1. The monoisotopic (exact) mass is 392 g/mol. The number of aryl methyl sites for hydroxylation is 1. The summed E-state index contributed by atoms with van der Waals surface area (Å²) in [6.07, 6.45) is 0.784. The third-order valence-corrected chi connectivity index (χ3v) is 4.27. The Morgan fingerprint density at radius 2 is 2.00 bits per heavy atom. The molecule has 0 saturated heterocycles. The molecule has 0 saturated carbocycles. The van der Waals surface area contributed by atoms with E-state index in [1.807, 2.05) is 13.0 Å². The van der Waals surface area contributed by atoms with Crippen LogP contribution in [0, 0.1) is 12.7 Å². The van der Waals surface area contributed by atoms with Crippen molar-refractivity contribution in [2.75, 3.05) is 25.5 Å². The van der Waals surface area contributed by atoms with Gasteiger partial charge in [0.25, 0.3) is 0 Å². The Labute approximate surface area is 163 Å². The zero-order valence-corrected chi connectivity index (χ0v) is 16.1. The molecule has 0 bridgehead atoms. The lowest BCUT2D eigenvalue weighted by atomic mass is 10.2. The molecule has 2 aromatic carbocycles. The van der Waals surface area contributed by atoms with Crippen molar-refractivity contribution in [3.05, 3.63) is 58.9 Å². The molecule has 1 N–H and O–H groups in total. The molecule has 2 aromatic rings. The number of hydrogen-bond acceptors (Lipinski definition) is 3. The van der Waals surface area contributed by atoms with E-state index in [1.165, 1.54) is 23.1 Å². The van der Waals surface area contributed by atoms with Gasteiger partial charge >= 0.3 is 0 Å². The number of halogens is 2. The van der Waals surface area contributed by atoms with E-state index in [0.29, 0.717) is 29.5 Å². The van der Waals surface area contributed by atoms with Crippen LogP contribution in [0.15, 0.2) is 42.5 Å². The molecule has 0 aliphatic rings. The Bertz CT molecular complexity index is 814. The van der Waals surface area contributed by atoms with Crippen molar-refractivity contribution in [1.29, 1.82) is 0 Å². The molecule has 2 rings (SSSR count). The minimum absolute atomic E-state index is 0.105. The van der Waals surface area contributed by atoms with Gasteiger partial charge in [0.05, 0.1) is 13.2 Å². The van der Waals surface area contributed by atoms with Gasteiger partial charge in [-0.3, -0.25) is 9.59 Å². The quantitative estimate of drug-likeness (QED) is 0.689. The summed E-state index contributed by atoms with van der Waals surface area (Å²) in [4.78, 5) is 25.4. The van der Waals surface area contributed by atoms with Crippen LogP contribution in [0.25, 0.3) is 0 Å². The Kier molecular flexibility index (Phi) is 7.61. The van der Waals surface area contributed by atoms with E-state index in [4.69, 9.17) is 16.3 Å². The lowest BCUT2D eigenvalue weighted by Gasteiger charge is -2.17. The van der Waals surface area contributed by atoms with Crippen molar-refractivity contribution in [1.82, 2.24) is 4.90 Å². The van der Waals surface area contributed by atoms with E-state index in [0.717, 1.165) is 5.56 Å². The van der Waals surface area contributed by atoms with Gasteiger partial charge in [0.15, 0.2) is 0 Å². The highest BCUT2D eigenvalue weighted by molar-refractivity contribution is 6.31. The van der Waals surface area contributed by atoms with E-state index in [9.17, 15) is 14.0 Å². The zero-order chi connectivity index (χ0) is 19.8. The van der Waals surface area contributed by atoms with Crippen LogP contribution in [0.2, 0.25) is 5.02 Å². The van der Waals surface area contributed by atoms with Crippen molar-refractivity contribution >= 4 is 29.1 Å².